The third-order valence-corrected chi connectivity index (χ3v) is 5.74. The number of carbonyl (C=O) groups is 2. The lowest BCUT2D eigenvalue weighted by molar-refractivity contribution is -0.129. The summed E-state index contributed by atoms with van der Waals surface area (Å²) in [6.45, 7) is 7.60. The smallest absolute Gasteiger partial charge is 0.272 e. The molecule has 2 amide bonds. The first-order valence-electron chi connectivity index (χ1n) is 10.2. The van der Waals surface area contributed by atoms with Crippen LogP contribution in [0, 0.1) is 0 Å². The summed E-state index contributed by atoms with van der Waals surface area (Å²) in [7, 11) is 0. The average Bonchev–Trinajstić information content (AvgIpc) is 2.79. The monoisotopic (exact) mass is 393 g/mol. The molecule has 2 aliphatic rings. The quantitative estimate of drug-likeness (QED) is 0.795. The van der Waals surface area contributed by atoms with Gasteiger partial charge in [-0.25, -0.2) is 0 Å². The zero-order valence-corrected chi connectivity index (χ0v) is 16.8. The Morgan fingerprint density at radius 1 is 0.759 bits per heavy atom. The Hall–Kier alpha value is -3.09. The second kappa shape index (κ2) is 8.51. The number of hydrogen-bond donors (Lipinski definition) is 0. The molecule has 7 nitrogen and oxygen atoms in total. The molecule has 29 heavy (non-hydrogen) atoms. The van der Waals surface area contributed by atoms with Gasteiger partial charge < -0.3 is 19.6 Å². The van der Waals surface area contributed by atoms with Crippen molar-refractivity contribution in [3.63, 3.8) is 0 Å². The molecule has 0 bridgehead atoms. The number of amides is 2. The van der Waals surface area contributed by atoms with E-state index in [1.807, 2.05) is 40.1 Å². The number of carbonyl (C=O) groups excluding carboxylic acids is 2. The minimum Gasteiger partial charge on any atom is -0.368 e. The van der Waals surface area contributed by atoms with Gasteiger partial charge in [-0.3, -0.25) is 14.6 Å². The maximum atomic E-state index is 13.0. The van der Waals surface area contributed by atoms with Gasteiger partial charge >= 0.3 is 0 Å². The van der Waals surface area contributed by atoms with E-state index in [1.54, 1.807) is 13.1 Å². The van der Waals surface area contributed by atoms with Gasteiger partial charge in [-0.2, -0.15) is 0 Å². The number of aromatic nitrogens is 1. The molecule has 1 aromatic carbocycles. The normalized spacial score (nSPS) is 17.4. The van der Waals surface area contributed by atoms with Crippen LogP contribution in [-0.4, -0.2) is 79.0 Å². The van der Waals surface area contributed by atoms with Gasteiger partial charge in [0, 0.05) is 76.9 Å². The lowest BCUT2D eigenvalue weighted by Gasteiger charge is -2.36. The number of benzene rings is 1. The maximum Gasteiger partial charge on any atom is 0.272 e. The van der Waals surface area contributed by atoms with Gasteiger partial charge in [0.25, 0.3) is 5.91 Å². The van der Waals surface area contributed by atoms with E-state index in [9.17, 15) is 9.59 Å². The number of pyridine rings is 1. The van der Waals surface area contributed by atoms with E-state index < -0.39 is 0 Å². The molecule has 1 aromatic heterocycles. The van der Waals surface area contributed by atoms with E-state index in [4.69, 9.17) is 0 Å². The highest BCUT2D eigenvalue weighted by Gasteiger charge is 2.24. The van der Waals surface area contributed by atoms with Crippen LogP contribution >= 0.6 is 0 Å². The van der Waals surface area contributed by atoms with Crippen LogP contribution in [0.1, 0.15) is 17.4 Å². The van der Waals surface area contributed by atoms with Crippen molar-refractivity contribution in [1.82, 2.24) is 14.8 Å². The lowest BCUT2D eigenvalue weighted by Crippen LogP contribution is -2.49. The van der Waals surface area contributed by atoms with E-state index >= 15 is 0 Å². The predicted octanol–water partition coefficient (Wildman–Crippen LogP) is 1.71. The Kier molecular flexibility index (Phi) is 5.64. The Labute approximate surface area is 171 Å². The van der Waals surface area contributed by atoms with Crippen LogP contribution in [0.3, 0.4) is 0 Å². The van der Waals surface area contributed by atoms with Gasteiger partial charge in [0.05, 0.1) is 0 Å². The van der Waals surface area contributed by atoms with Crippen LogP contribution in [0.5, 0.6) is 0 Å². The molecule has 2 saturated heterocycles. The minimum atomic E-state index is -0.0121. The van der Waals surface area contributed by atoms with E-state index in [-0.39, 0.29) is 11.8 Å². The predicted molar refractivity (Wildman–Crippen MR) is 113 cm³/mol. The first-order chi connectivity index (χ1) is 14.1. The molecule has 0 aliphatic carbocycles. The third-order valence-electron chi connectivity index (χ3n) is 5.74. The molecule has 0 spiro atoms. The average molecular weight is 393 g/mol. The summed E-state index contributed by atoms with van der Waals surface area (Å²) in [4.78, 5) is 37.1. The van der Waals surface area contributed by atoms with Crippen LogP contribution < -0.4 is 9.80 Å². The van der Waals surface area contributed by atoms with Crippen molar-refractivity contribution in [2.75, 3.05) is 62.2 Å². The van der Waals surface area contributed by atoms with E-state index in [0.717, 1.165) is 31.9 Å². The second-order valence-electron chi connectivity index (χ2n) is 7.51. The first-order valence-corrected chi connectivity index (χ1v) is 10.2. The lowest BCUT2D eigenvalue weighted by atomic mass is 10.2. The fourth-order valence-corrected chi connectivity index (χ4v) is 3.98. The second-order valence-corrected chi connectivity index (χ2v) is 7.51. The van der Waals surface area contributed by atoms with Crippen LogP contribution in [0.4, 0.5) is 11.4 Å². The summed E-state index contributed by atoms with van der Waals surface area (Å²) in [5.74, 6) is 0.104. The van der Waals surface area contributed by atoms with E-state index in [0.29, 0.717) is 31.9 Å². The Balaban J connectivity index is 1.37. The highest BCUT2D eigenvalue weighted by molar-refractivity contribution is 5.93. The molecular formula is C22H27N5O2. The SMILES string of the molecule is CC(=O)N1CCN(c2ccnc(C(=O)N3CCN(c4ccccc4)CC3)c2)CC1. The number of rotatable bonds is 3. The number of hydrogen-bond acceptors (Lipinski definition) is 5. The summed E-state index contributed by atoms with van der Waals surface area (Å²) in [6, 6.07) is 14.1. The van der Waals surface area contributed by atoms with Crippen molar-refractivity contribution < 1.29 is 9.59 Å². The van der Waals surface area contributed by atoms with Crippen LogP contribution in [0.25, 0.3) is 0 Å². The Morgan fingerprint density at radius 3 is 1.97 bits per heavy atom. The maximum absolute atomic E-state index is 13.0. The van der Waals surface area contributed by atoms with Crippen molar-refractivity contribution in [3.8, 4) is 0 Å². The van der Waals surface area contributed by atoms with Gasteiger partial charge in [0.15, 0.2) is 0 Å². The first kappa shape index (κ1) is 19.2. The number of nitrogens with zero attached hydrogens (tertiary/aromatic N) is 5. The molecule has 152 valence electrons. The van der Waals surface area contributed by atoms with Crippen molar-refractivity contribution in [3.05, 3.63) is 54.4 Å². The summed E-state index contributed by atoms with van der Waals surface area (Å²) < 4.78 is 0. The Morgan fingerprint density at radius 2 is 1.34 bits per heavy atom. The van der Waals surface area contributed by atoms with Gasteiger partial charge in [0.1, 0.15) is 5.69 Å². The number of anilines is 2. The molecule has 2 aromatic rings. The molecule has 7 heteroatoms. The fraction of sp³-hybridized carbons (Fsp3) is 0.409. The van der Waals surface area contributed by atoms with Crippen molar-refractivity contribution in [2.45, 2.75) is 6.92 Å². The fourth-order valence-electron chi connectivity index (χ4n) is 3.98. The zero-order valence-electron chi connectivity index (χ0n) is 16.8. The number of piperazine rings is 2. The molecule has 0 N–H and O–H groups in total. The van der Waals surface area contributed by atoms with Gasteiger partial charge in [-0.15, -0.1) is 0 Å². The topological polar surface area (TPSA) is 60.0 Å². The molecule has 0 saturated carbocycles. The molecule has 4 rings (SSSR count). The molecule has 0 atom stereocenters. The summed E-state index contributed by atoms with van der Waals surface area (Å²) in [5.41, 5.74) is 2.68. The van der Waals surface area contributed by atoms with Crippen LogP contribution in [-0.2, 0) is 4.79 Å². The number of para-hydroxylation sites is 1. The van der Waals surface area contributed by atoms with Crippen molar-refractivity contribution in [1.29, 1.82) is 0 Å². The Bertz CT molecular complexity index is 857. The minimum absolute atomic E-state index is 0.0121. The molecular weight excluding hydrogens is 366 g/mol. The highest BCUT2D eigenvalue weighted by atomic mass is 16.2. The summed E-state index contributed by atoms with van der Waals surface area (Å²) >= 11 is 0. The van der Waals surface area contributed by atoms with Crippen LogP contribution in [0.15, 0.2) is 48.7 Å². The molecule has 3 heterocycles. The third kappa shape index (κ3) is 4.34. The van der Waals surface area contributed by atoms with E-state index in [2.05, 4.69) is 26.9 Å². The van der Waals surface area contributed by atoms with Gasteiger partial charge in [-0.1, -0.05) is 18.2 Å². The van der Waals surface area contributed by atoms with Gasteiger partial charge in [-0.05, 0) is 24.3 Å². The van der Waals surface area contributed by atoms with Crippen molar-refractivity contribution >= 4 is 23.2 Å². The molecule has 0 radical (unpaired) electrons. The zero-order chi connectivity index (χ0) is 20.2. The highest BCUT2D eigenvalue weighted by Crippen LogP contribution is 2.20. The summed E-state index contributed by atoms with van der Waals surface area (Å²) in [6.07, 6.45) is 1.71. The van der Waals surface area contributed by atoms with Gasteiger partial charge in [0.2, 0.25) is 5.91 Å². The van der Waals surface area contributed by atoms with Crippen molar-refractivity contribution in [2.24, 2.45) is 0 Å². The molecule has 0 unspecified atom stereocenters. The molecule has 2 fully saturated rings. The van der Waals surface area contributed by atoms with Crippen LogP contribution in [0.2, 0.25) is 0 Å². The largest absolute Gasteiger partial charge is 0.368 e. The summed E-state index contributed by atoms with van der Waals surface area (Å²) in [5, 5.41) is 0. The molecule has 2 aliphatic heterocycles. The standard InChI is InChI=1S/C22H27N5O2/c1-18(28)24-9-11-26(12-10-24)20-7-8-23-21(17-20)22(29)27-15-13-25(14-16-27)19-5-3-2-4-6-19/h2-8,17H,9-16H2,1H3. The van der Waals surface area contributed by atoms with E-state index in [1.165, 1.54) is 5.69 Å².